The highest BCUT2D eigenvalue weighted by Crippen LogP contribution is 2.61. The van der Waals surface area contributed by atoms with Crippen LogP contribution >= 0.6 is 0 Å². The Labute approximate surface area is 160 Å². The first-order valence-corrected chi connectivity index (χ1v) is 10.7. The van der Waals surface area contributed by atoms with Crippen LogP contribution in [-0.2, 0) is 14.4 Å². The molecule has 150 valence electrons. The van der Waals surface area contributed by atoms with E-state index in [0.29, 0.717) is 32.1 Å². The molecule has 0 heterocycles. The summed E-state index contributed by atoms with van der Waals surface area (Å²) in [5.74, 6) is 1.32. The number of hydrogen-bond donors (Lipinski definition) is 3. The van der Waals surface area contributed by atoms with Gasteiger partial charge in [-0.2, -0.15) is 0 Å². The van der Waals surface area contributed by atoms with Crippen molar-refractivity contribution in [2.24, 2.45) is 29.1 Å². The first kappa shape index (κ1) is 18.8. The molecule has 5 saturated carbocycles. The molecule has 5 fully saturated rings. The van der Waals surface area contributed by atoms with Crippen molar-refractivity contribution in [3.63, 3.8) is 0 Å². The van der Waals surface area contributed by atoms with E-state index in [9.17, 15) is 14.4 Å². The van der Waals surface area contributed by atoms with Crippen molar-refractivity contribution >= 4 is 17.8 Å². The molecule has 0 aliphatic heterocycles. The number of carboxylic acids is 1. The van der Waals surface area contributed by atoms with Crippen LogP contribution in [0.3, 0.4) is 0 Å². The highest BCUT2D eigenvalue weighted by Gasteiger charge is 2.51. The summed E-state index contributed by atoms with van der Waals surface area (Å²) in [5.41, 5.74) is 0.199. The van der Waals surface area contributed by atoms with Crippen LogP contribution in [0.1, 0.15) is 70.6 Å². The van der Waals surface area contributed by atoms with E-state index in [2.05, 4.69) is 10.6 Å². The molecule has 0 radical (unpaired) electrons. The topological polar surface area (TPSA) is 95.5 Å². The number of rotatable bonds is 6. The van der Waals surface area contributed by atoms with Gasteiger partial charge >= 0.3 is 5.97 Å². The smallest absolute Gasteiger partial charge is 0.306 e. The molecule has 0 aromatic carbocycles. The van der Waals surface area contributed by atoms with Gasteiger partial charge in [-0.05, 0) is 87.4 Å². The van der Waals surface area contributed by atoms with Crippen LogP contribution in [0.4, 0.5) is 0 Å². The maximum absolute atomic E-state index is 12.5. The molecule has 6 heteroatoms. The number of nitrogens with one attached hydrogen (secondary N) is 2. The summed E-state index contributed by atoms with van der Waals surface area (Å²) >= 11 is 0. The minimum Gasteiger partial charge on any atom is -0.481 e. The molecule has 5 rings (SSSR count). The van der Waals surface area contributed by atoms with Crippen molar-refractivity contribution in [1.29, 1.82) is 0 Å². The third-order valence-corrected chi connectivity index (χ3v) is 7.59. The summed E-state index contributed by atoms with van der Waals surface area (Å²) in [6.07, 6.45) is 10.9. The molecule has 4 bridgehead atoms. The van der Waals surface area contributed by atoms with Crippen LogP contribution in [0.2, 0.25) is 0 Å². The number of carbonyl (C=O) groups excluding carboxylic acids is 2. The van der Waals surface area contributed by atoms with Gasteiger partial charge in [0.2, 0.25) is 11.8 Å². The van der Waals surface area contributed by atoms with E-state index in [1.165, 1.54) is 38.5 Å². The molecule has 2 amide bonds. The lowest BCUT2D eigenvalue weighted by molar-refractivity contribution is -0.143. The standard InChI is InChI=1S/C21H32N2O4/c24-18(11-21-8-13-5-14(9-21)7-15(6-13)10-21)22-12-19(25)23-17-3-1-16(2-4-17)20(26)27/h13-17H,1-12H2,(H,22,24)(H,23,25)(H,26,27). The summed E-state index contributed by atoms with van der Waals surface area (Å²) in [6, 6.07) is 0.0353. The molecule has 0 aromatic rings. The number of carbonyl (C=O) groups is 3. The fourth-order valence-corrected chi connectivity index (χ4v) is 6.85. The second kappa shape index (κ2) is 7.44. The molecule has 0 saturated heterocycles. The maximum Gasteiger partial charge on any atom is 0.306 e. The van der Waals surface area contributed by atoms with Gasteiger partial charge in [0.25, 0.3) is 0 Å². The van der Waals surface area contributed by atoms with E-state index in [1.807, 2.05) is 0 Å². The molecule has 6 nitrogen and oxygen atoms in total. The number of hydrogen-bond acceptors (Lipinski definition) is 3. The summed E-state index contributed by atoms with van der Waals surface area (Å²) in [4.78, 5) is 35.6. The van der Waals surface area contributed by atoms with Crippen LogP contribution < -0.4 is 10.6 Å². The Morgan fingerprint density at radius 2 is 1.41 bits per heavy atom. The molecule has 0 unspecified atom stereocenters. The Hall–Kier alpha value is -1.59. The molecule has 0 atom stereocenters. The van der Waals surface area contributed by atoms with Gasteiger partial charge in [-0.3, -0.25) is 14.4 Å². The lowest BCUT2D eigenvalue weighted by Crippen LogP contribution is -2.49. The van der Waals surface area contributed by atoms with Gasteiger partial charge in [0.1, 0.15) is 0 Å². The van der Waals surface area contributed by atoms with Crippen LogP contribution in [0.25, 0.3) is 0 Å². The predicted molar refractivity (Wildman–Crippen MR) is 99.8 cm³/mol. The fourth-order valence-electron chi connectivity index (χ4n) is 6.85. The zero-order valence-corrected chi connectivity index (χ0v) is 16.0. The van der Waals surface area contributed by atoms with Gasteiger partial charge in [0.15, 0.2) is 0 Å². The second-order valence-electron chi connectivity index (χ2n) is 9.83. The number of amides is 2. The Bertz CT molecular complexity index is 574. The average molecular weight is 376 g/mol. The van der Waals surface area contributed by atoms with E-state index in [0.717, 1.165) is 17.8 Å². The van der Waals surface area contributed by atoms with Gasteiger partial charge in [0, 0.05) is 12.5 Å². The Morgan fingerprint density at radius 3 is 1.93 bits per heavy atom. The Balaban J connectivity index is 1.19. The zero-order valence-electron chi connectivity index (χ0n) is 16.0. The second-order valence-corrected chi connectivity index (χ2v) is 9.83. The summed E-state index contributed by atoms with van der Waals surface area (Å²) in [7, 11) is 0. The van der Waals surface area contributed by atoms with E-state index in [4.69, 9.17) is 5.11 Å². The lowest BCUT2D eigenvalue weighted by Gasteiger charge is -2.56. The number of carboxylic acid groups (broad SMARTS) is 1. The van der Waals surface area contributed by atoms with Gasteiger partial charge in [-0.15, -0.1) is 0 Å². The van der Waals surface area contributed by atoms with E-state index < -0.39 is 5.97 Å². The molecule has 5 aliphatic carbocycles. The highest BCUT2D eigenvalue weighted by molar-refractivity contribution is 5.85. The lowest BCUT2D eigenvalue weighted by atomic mass is 9.49. The molecule has 3 N–H and O–H groups in total. The van der Waals surface area contributed by atoms with Gasteiger partial charge < -0.3 is 15.7 Å². The molecule has 5 aliphatic rings. The van der Waals surface area contributed by atoms with Crippen molar-refractivity contribution in [1.82, 2.24) is 10.6 Å². The van der Waals surface area contributed by atoms with E-state index >= 15 is 0 Å². The summed E-state index contributed by atoms with van der Waals surface area (Å²) in [5, 5.41) is 14.8. The van der Waals surface area contributed by atoms with E-state index in [1.54, 1.807) is 0 Å². The minimum atomic E-state index is -0.739. The molecular weight excluding hydrogens is 344 g/mol. The largest absolute Gasteiger partial charge is 0.481 e. The van der Waals surface area contributed by atoms with Crippen LogP contribution in [0.5, 0.6) is 0 Å². The minimum absolute atomic E-state index is 0.0154. The van der Waals surface area contributed by atoms with Crippen LogP contribution in [0, 0.1) is 29.1 Å². The number of aliphatic carboxylic acids is 1. The van der Waals surface area contributed by atoms with Crippen LogP contribution in [-0.4, -0.2) is 35.5 Å². The van der Waals surface area contributed by atoms with Crippen molar-refractivity contribution in [2.45, 2.75) is 76.7 Å². The Kier molecular flexibility index (Phi) is 5.17. The SMILES string of the molecule is O=C(CC12CC3CC(CC(C3)C1)C2)NCC(=O)NC1CCC(C(=O)O)CC1. The molecule has 0 aromatic heterocycles. The maximum atomic E-state index is 12.5. The van der Waals surface area contributed by atoms with Gasteiger partial charge in [0.05, 0.1) is 12.5 Å². The van der Waals surface area contributed by atoms with Gasteiger partial charge in [-0.1, -0.05) is 0 Å². The average Bonchev–Trinajstić information content (AvgIpc) is 2.59. The van der Waals surface area contributed by atoms with Crippen LogP contribution in [0.15, 0.2) is 0 Å². The Morgan fingerprint density at radius 1 is 0.852 bits per heavy atom. The zero-order chi connectivity index (χ0) is 19.0. The monoisotopic (exact) mass is 376 g/mol. The first-order valence-electron chi connectivity index (χ1n) is 10.7. The fraction of sp³-hybridized carbons (Fsp3) is 0.857. The molecular formula is C21H32N2O4. The van der Waals surface area contributed by atoms with Crippen molar-refractivity contribution in [3.8, 4) is 0 Å². The van der Waals surface area contributed by atoms with Crippen molar-refractivity contribution in [2.75, 3.05) is 6.54 Å². The molecule has 0 spiro atoms. The third-order valence-electron chi connectivity index (χ3n) is 7.59. The van der Waals surface area contributed by atoms with E-state index in [-0.39, 0.29) is 35.7 Å². The van der Waals surface area contributed by atoms with Crippen molar-refractivity contribution in [3.05, 3.63) is 0 Å². The normalized spacial score (nSPS) is 39.8. The summed E-state index contributed by atoms with van der Waals surface area (Å²) < 4.78 is 0. The molecule has 27 heavy (non-hydrogen) atoms. The highest BCUT2D eigenvalue weighted by atomic mass is 16.4. The quantitative estimate of drug-likeness (QED) is 0.664. The van der Waals surface area contributed by atoms with Gasteiger partial charge in [-0.25, -0.2) is 0 Å². The third kappa shape index (κ3) is 4.30. The summed E-state index contributed by atoms with van der Waals surface area (Å²) in [6.45, 7) is 0.0318. The predicted octanol–water partition coefficient (Wildman–Crippen LogP) is 2.47. The van der Waals surface area contributed by atoms with Crippen molar-refractivity contribution < 1.29 is 19.5 Å². The first-order chi connectivity index (χ1) is 12.9.